The molecular weight excluding hydrogens is 494 g/mol. The van der Waals surface area contributed by atoms with E-state index < -0.39 is 5.91 Å². The quantitative estimate of drug-likeness (QED) is 0.500. The number of nitrogens with two attached hydrogens (primary N) is 2. The average molecular weight is 530 g/mol. The number of carbonyl (C=O) groups is 3. The van der Waals surface area contributed by atoms with E-state index in [1.54, 1.807) is 11.0 Å². The van der Waals surface area contributed by atoms with Gasteiger partial charge in [0.25, 0.3) is 11.8 Å². The molecule has 1 atom stereocenters. The molecule has 200 valence electrons. The van der Waals surface area contributed by atoms with Gasteiger partial charge >= 0.3 is 0 Å². The summed E-state index contributed by atoms with van der Waals surface area (Å²) in [6.45, 7) is 7.99. The van der Waals surface area contributed by atoms with Crippen molar-refractivity contribution in [2.75, 3.05) is 31.5 Å². The predicted octanol–water partition coefficient (Wildman–Crippen LogP) is 1.86. The standard InChI is InChI=1S/C26H35N7O3.ClH/c1-15-23-21(11-26(2,3)32(25(23)36)13-16-4-5-16)33(30-15)18-6-7-19(24(28)35)20(10-18)29-17-8-9-31(14-17)22(34)12-27;/h6-7,10,16-17,29H,4-5,8-9,11-14,27H2,1-3H3,(H2,28,35);1H/t17-;/m0./s1. The fourth-order valence-electron chi connectivity index (χ4n) is 5.49. The molecule has 2 fully saturated rings. The number of rotatable bonds is 7. The minimum Gasteiger partial charge on any atom is -0.380 e. The lowest BCUT2D eigenvalue weighted by atomic mass is 9.87. The third-order valence-corrected chi connectivity index (χ3v) is 7.67. The second-order valence-corrected chi connectivity index (χ2v) is 10.9. The highest BCUT2D eigenvalue weighted by Gasteiger charge is 2.43. The maximum Gasteiger partial charge on any atom is 0.258 e. The lowest BCUT2D eigenvalue weighted by molar-refractivity contribution is -0.128. The Morgan fingerprint density at radius 1 is 1.22 bits per heavy atom. The first-order valence-electron chi connectivity index (χ1n) is 12.7. The van der Waals surface area contributed by atoms with Gasteiger partial charge < -0.3 is 26.6 Å². The highest BCUT2D eigenvalue weighted by molar-refractivity contribution is 6.00. The van der Waals surface area contributed by atoms with Crippen LogP contribution in [0.5, 0.6) is 0 Å². The summed E-state index contributed by atoms with van der Waals surface area (Å²) in [7, 11) is 0. The molecule has 11 heteroatoms. The molecular formula is C26H36ClN7O3. The zero-order chi connectivity index (χ0) is 25.8. The van der Waals surface area contributed by atoms with E-state index in [9.17, 15) is 14.4 Å². The third-order valence-electron chi connectivity index (χ3n) is 7.67. The van der Waals surface area contributed by atoms with Gasteiger partial charge in [0, 0.05) is 43.3 Å². The molecule has 37 heavy (non-hydrogen) atoms. The summed E-state index contributed by atoms with van der Waals surface area (Å²) < 4.78 is 1.83. The van der Waals surface area contributed by atoms with Crippen LogP contribution in [0.2, 0.25) is 0 Å². The van der Waals surface area contributed by atoms with Gasteiger partial charge in [-0.1, -0.05) is 0 Å². The van der Waals surface area contributed by atoms with Crippen LogP contribution in [0.4, 0.5) is 5.69 Å². The van der Waals surface area contributed by atoms with Crippen LogP contribution in [0.25, 0.3) is 5.69 Å². The topological polar surface area (TPSA) is 140 Å². The summed E-state index contributed by atoms with van der Waals surface area (Å²) in [4.78, 5) is 41.5. The fourth-order valence-corrected chi connectivity index (χ4v) is 5.49. The zero-order valence-electron chi connectivity index (χ0n) is 21.6. The van der Waals surface area contributed by atoms with E-state index in [0.29, 0.717) is 47.9 Å². The largest absolute Gasteiger partial charge is 0.380 e. The van der Waals surface area contributed by atoms with E-state index in [0.717, 1.165) is 24.3 Å². The Balaban J connectivity index is 0.00000320. The number of aromatic nitrogens is 2. The van der Waals surface area contributed by atoms with Crippen LogP contribution < -0.4 is 16.8 Å². The van der Waals surface area contributed by atoms with Crippen LogP contribution in [-0.2, 0) is 11.2 Å². The number of carbonyl (C=O) groups excluding carboxylic acids is 3. The number of likely N-dealkylation sites (tertiary alicyclic amines) is 1. The maximum atomic E-state index is 13.6. The van der Waals surface area contributed by atoms with Crippen LogP contribution >= 0.6 is 12.4 Å². The molecule has 2 aliphatic heterocycles. The Labute approximate surface area is 223 Å². The number of primary amides is 1. The van der Waals surface area contributed by atoms with E-state index in [-0.39, 0.29) is 42.3 Å². The number of aryl methyl sites for hydroxylation is 1. The van der Waals surface area contributed by atoms with Crippen molar-refractivity contribution in [3.8, 4) is 5.69 Å². The van der Waals surface area contributed by atoms with Gasteiger partial charge in [-0.2, -0.15) is 5.10 Å². The molecule has 3 amide bonds. The number of hydrogen-bond acceptors (Lipinski definition) is 6. The molecule has 0 radical (unpaired) electrons. The van der Waals surface area contributed by atoms with E-state index in [1.165, 1.54) is 12.8 Å². The molecule has 3 heterocycles. The van der Waals surface area contributed by atoms with Crippen molar-refractivity contribution in [1.82, 2.24) is 19.6 Å². The first-order valence-corrected chi connectivity index (χ1v) is 12.7. The number of halogens is 1. The van der Waals surface area contributed by atoms with Crippen molar-refractivity contribution >= 4 is 35.8 Å². The van der Waals surface area contributed by atoms with Gasteiger partial charge in [-0.3, -0.25) is 14.4 Å². The van der Waals surface area contributed by atoms with Crippen LogP contribution in [0, 0.1) is 12.8 Å². The number of nitrogens with one attached hydrogen (secondary N) is 1. The Kier molecular flexibility index (Phi) is 7.27. The van der Waals surface area contributed by atoms with E-state index in [1.807, 2.05) is 28.6 Å². The lowest BCUT2D eigenvalue weighted by Crippen LogP contribution is -2.53. The maximum absolute atomic E-state index is 13.6. The summed E-state index contributed by atoms with van der Waals surface area (Å²) >= 11 is 0. The molecule has 1 aromatic carbocycles. The molecule has 1 saturated carbocycles. The number of fused-ring (bicyclic) bond motifs is 1. The number of benzene rings is 1. The van der Waals surface area contributed by atoms with Crippen LogP contribution in [0.1, 0.15) is 65.2 Å². The summed E-state index contributed by atoms with van der Waals surface area (Å²) in [6, 6.07) is 5.33. The SMILES string of the molecule is Cc1nn(-c2ccc(C(N)=O)c(N[C@H]3CCN(C(=O)CN)C3)c2)c2c1C(=O)N(CC1CC1)C(C)(C)C2.Cl. The Bertz CT molecular complexity index is 1240. The van der Waals surface area contributed by atoms with Gasteiger partial charge in [0.2, 0.25) is 5.91 Å². The van der Waals surface area contributed by atoms with Gasteiger partial charge in [-0.05, 0) is 64.2 Å². The summed E-state index contributed by atoms with van der Waals surface area (Å²) in [6.07, 6.45) is 3.79. The molecule has 0 spiro atoms. The van der Waals surface area contributed by atoms with Crippen molar-refractivity contribution in [3.63, 3.8) is 0 Å². The monoisotopic (exact) mass is 529 g/mol. The smallest absolute Gasteiger partial charge is 0.258 e. The van der Waals surface area contributed by atoms with Gasteiger partial charge in [-0.15, -0.1) is 12.4 Å². The van der Waals surface area contributed by atoms with Gasteiger partial charge in [0.15, 0.2) is 0 Å². The van der Waals surface area contributed by atoms with E-state index in [4.69, 9.17) is 16.6 Å². The number of amides is 3. The third kappa shape index (κ3) is 5.04. The van der Waals surface area contributed by atoms with Crippen molar-refractivity contribution < 1.29 is 14.4 Å². The summed E-state index contributed by atoms with van der Waals surface area (Å²) in [5.41, 5.74) is 14.8. The minimum absolute atomic E-state index is 0. The van der Waals surface area contributed by atoms with Crippen molar-refractivity contribution in [2.45, 2.75) is 58.0 Å². The fraction of sp³-hybridized carbons (Fsp3) is 0.538. The molecule has 10 nitrogen and oxygen atoms in total. The normalized spacial score (nSPS) is 20.4. The Morgan fingerprint density at radius 2 is 1.95 bits per heavy atom. The van der Waals surface area contributed by atoms with Crippen LogP contribution in [0.15, 0.2) is 18.2 Å². The highest BCUT2D eigenvalue weighted by Crippen LogP contribution is 2.38. The first kappa shape index (κ1) is 26.9. The van der Waals surface area contributed by atoms with E-state index in [2.05, 4.69) is 19.2 Å². The van der Waals surface area contributed by atoms with Gasteiger partial charge in [0.1, 0.15) is 0 Å². The molecule has 0 bridgehead atoms. The molecule has 1 aromatic heterocycles. The van der Waals surface area contributed by atoms with Crippen molar-refractivity contribution in [3.05, 3.63) is 40.7 Å². The molecule has 3 aliphatic rings. The average Bonchev–Trinajstić information content (AvgIpc) is 3.44. The minimum atomic E-state index is -0.539. The van der Waals surface area contributed by atoms with Crippen molar-refractivity contribution in [1.29, 1.82) is 0 Å². The summed E-state index contributed by atoms with van der Waals surface area (Å²) in [5.74, 6) is 0.0128. The van der Waals surface area contributed by atoms with Gasteiger partial charge in [-0.25, -0.2) is 4.68 Å². The number of hydrogen-bond donors (Lipinski definition) is 3. The van der Waals surface area contributed by atoms with Crippen LogP contribution in [-0.4, -0.2) is 75.1 Å². The second kappa shape index (κ2) is 9.98. The molecule has 0 unspecified atom stereocenters. The molecule has 5 N–H and O–H groups in total. The molecule has 5 rings (SSSR count). The van der Waals surface area contributed by atoms with Crippen LogP contribution in [0.3, 0.4) is 0 Å². The zero-order valence-corrected chi connectivity index (χ0v) is 22.4. The number of anilines is 1. The first-order chi connectivity index (χ1) is 17.1. The molecule has 1 aliphatic carbocycles. The summed E-state index contributed by atoms with van der Waals surface area (Å²) in [5, 5.41) is 8.17. The highest BCUT2D eigenvalue weighted by atomic mass is 35.5. The Morgan fingerprint density at radius 3 is 2.59 bits per heavy atom. The lowest BCUT2D eigenvalue weighted by Gasteiger charge is -2.42. The molecule has 2 aromatic rings. The predicted molar refractivity (Wildman–Crippen MR) is 143 cm³/mol. The van der Waals surface area contributed by atoms with Crippen molar-refractivity contribution in [2.24, 2.45) is 17.4 Å². The second-order valence-electron chi connectivity index (χ2n) is 10.9. The Hall–Kier alpha value is -3.11. The number of nitrogens with zero attached hydrogens (tertiary/aromatic N) is 4. The molecule has 1 saturated heterocycles. The van der Waals surface area contributed by atoms with Gasteiger partial charge in [0.05, 0.1) is 34.7 Å². The van der Waals surface area contributed by atoms with E-state index >= 15 is 0 Å².